The minimum Gasteiger partial charge on any atom is -0.547 e. The number of ether oxygens (including phenoxy) is 2. The molecule has 1 fully saturated rings. The van der Waals surface area contributed by atoms with Crippen LogP contribution in [-0.4, -0.2) is 65.1 Å². The Hall–Kier alpha value is -0.770. The Morgan fingerprint density at radius 2 is 1.94 bits per heavy atom. The summed E-state index contributed by atoms with van der Waals surface area (Å²) in [7, 11) is 0. The van der Waals surface area contributed by atoms with Gasteiger partial charge in [0.1, 0.15) is 24.4 Å². The number of aliphatic carboxylic acids is 1. The van der Waals surface area contributed by atoms with Gasteiger partial charge in [-0.15, -0.1) is 0 Å². The molecule has 100 valence electrons. The smallest absolute Gasteiger partial charge is 0.186 e. The molecule has 0 aromatic rings. The molecule has 0 aliphatic carbocycles. The number of carboxylic acid groups (broad SMARTS) is 1. The van der Waals surface area contributed by atoms with Crippen LogP contribution in [0.25, 0.3) is 0 Å². The lowest BCUT2D eigenvalue weighted by Crippen LogP contribution is -2.62. The van der Waals surface area contributed by atoms with Gasteiger partial charge >= 0.3 is 0 Å². The maximum absolute atomic E-state index is 10.6. The van der Waals surface area contributed by atoms with E-state index in [0.29, 0.717) is 13.0 Å². The number of nitrogens with two attached hydrogens (primary N) is 1. The Bertz CT molecular complexity index is 262. The highest BCUT2D eigenvalue weighted by atomic mass is 16.7. The lowest BCUT2D eigenvalue weighted by molar-refractivity contribution is -0.349. The third kappa shape index (κ3) is 3.35. The lowest BCUT2D eigenvalue weighted by Gasteiger charge is -2.40. The molecule has 0 saturated carbocycles. The average Bonchev–Trinajstić information content (AvgIpc) is 2.29. The van der Waals surface area contributed by atoms with E-state index in [1.807, 2.05) is 0 Å². The van der Waals surface area contributed by atoms with Crippen LogP contribution in [0.2, 0.25) is 0 Å². The number of rotatable bonds is 5. The van der Waals surface area contributed by atoms with Crippen LogP contribution in [0.5, 0.6) is 0 Å². The van der Waals surface area contributed by atoms with Crippen LogP contribution in [0.15, 0.2) is 0 Å². The molecule has 1 aliphatic heterocycles. The number of hydrogen-bond acceptors (Lipinski definition) is 8. The Morgan fingerprint density at radius 3 is 2.47 bits per heavy atom. The van der Waals surface area contributed by atoms with Crippen LogP contribution < -0.4 is 10.8 Å². The molecule has 0 aromatic carbocycles. The van der Waals surface area contributed by atoms with Crippen LogP contribution in [0, 0.1) is 0 Å². The second kappa shape index (κ2) is 6.24. The molecule has 8 heteroatoms. The highest BCUT2D eigenvalue weighted by molar-refractivity contribution is 5.71. The van der Waals surface area contributed by atoms with Gasteiger partial charge < -0.3 is 40.4 Å². The van der Waals surface area contributed by atoms with E-state index < -0.39 is 36.7 Å². The van der Waals surface area contributed by atoms with E-state index >= 15 is 0 Å². The Morgan fingerprint density at radius 1 is 1.29 bits per heavy atom. The van der Waals surface area contributed by atoms with E-state index in [2.05, 4.69) is 0 Å². The molecule has 8 nitrogen and oxygen atoms in total. The average molecular weight is 250 g/mol. The number of carbonyl (C=O) groups excluding carboxylic acids is 1. The monoisotopic (exact) mass is 250 g/mol. The first-order valence-electron chi connectivity index (χ1n) is 5.21. The van der Waals surface area contributed by atoms with Crippen molar-refractivity contribution in [3.05, 3.63) is 0 Å². The second-order valence-electron chi connectivity index (χ2n) is 3.73. The predicted molar refractivity (Wildman–Crippen MR) is 51.3 cm³/mol. The van der Waals surface area contributed by atoms with Crippen molar-refractivity contribution < 1.29 is 34.7 Å². The van der Waals surface area contributed by atoms with Crippen LogP contribution in [0.1, 0.15) is 6.42 Å². The summed E-state index contributed by atoms with van der Waals surface area (Å²) >= 11 is 0. The van der Waals surface area contributed by atoms with Crippen molar-refractivity contribution in [3.8, 4) is 0 Å². The molecular weight excluding hydrogens is 234 g/mol. The third-order valence-corrected chi connectivity index (χ3v) is 2.43. The SMILES string of the molecule is NCCCO[C@@H]1O[C@H](C(=O)[O-])[C@H](O)[C@H](O)[C@H]1O. The summed E-state index contributed by atoms with van der Waals surface area (Å²) in [6.07, 6.45) is -7.54. The molecular formula is C9H16NO7-. The van der Waals surface area contributed by atoms with Crippen molar-refractivity contribution in [1.82, 2.24) is 0 Å². The number of aliphatic hydroxyl groups excluding tert-OH is 3. The quantitative estimate of drug-likeness (QED) is 0.360. The summed E-state index contributed by atoms with van der Waals surface area (Å²) in [4.78, 5) is 10.6. The second-order valence-corrected chi connectivity index (χ2v) is 3.73. The number of aliphatic hydroxyl groups is 3. The minimum atomic E-state index is -1.76. The molecule has 0 radical (unpaired) electrons. The lowest BCUT2D eigenvalue weighted by atomic mass is 9.99. The van der Waals surface area contributed by atoms with Gasteiger partial charge in [-0.2, -0.15) is 0 Å². The molecule has 0 amide bonds. The first-order chi connectivity index (χ1) is 7.99. The predicted octanol–water partition coefficient (Wildman–Crippen LogP) is -4.09. The van der Waals surface area contributed by atoms with Crippen molar-refractivity contribution >= 4 is 5.97 Å². The van der Waals surface area contributed by atoms with E-state index in [1.165, 1.54) is 0 Å². The van der Waals surface area contributed by atoms with Crippen LogP contribution in [0.4, 0.5) is 0 Å². The van der Waals surface area contributed by atoms with Gasteiger partial charge in [-0.3, -0.25) is 0 Å². The third-order valence-electron chi connectivity index (χ3n) is 2.43. The first kappa shape index (κ1) is 14.3. The first-order valence-corrected chi connectivity index (χ1v) is 5.21. The maximum Gasteiger partial charge on any atom is 0.186 e. The topological polar surface area (TPSA) is 145 Å². The Kier molecular flexibility index (Phi) is 5.25. The van der Waals surface area contributed by atoms with Gasteiger partial charge in [0.2, 0.25) is 0 Å². The molecule has 5 atom stereocenters. The van der Waals surface area contributed by atoms with Crippen LogP contribution in [-0.2, 0) is 14.3 Å². The molecule has 1 aliphatic rings. The van der Waals surface area contributed by atoms with E-state index in [4.69, 9.17) is 15.2 Å². The van der Waals surface area contributed by atoms with Crippen molar-refractivity contribution in [2.24, 2.45) is 5.73 Å². The normalized spacial score (nSPS) is 38.0. The number of carboxylic acids is 1. The molecule has 0 bridgehead atoms. The summed E-state index contributed by atoms with van der Waals surface area (Å²) < 4.78 is 9.82. The van der Waals surface area contributed by atoms with Crippen molar-refractivity contribution in [2.75, 3.05) is 13.2 Å². The van der Waals surface area contributed by atoms with Crippen molar-refractivity contribution in [2.45, 2.75) is 37.1 Å². The largest absolute Gasteiger partial charge is 0.547 e. The summed E-state index contributed by atoms with van der Waals surface area (Å²) in [5.74, 6) is -1.68. The molecule has 1 saturated heterocycles. The molecule has 0 spiro atoms. The zero-order valence-corrected chi connectivity index (χ0v) is 9.06. The molecule has 17 heavy (non-hydrogen) atoms. The molecule has 5 N–H and O–H groups in total. The van der Waals surface area contributed by atoms with E-state index in [-0.39, 0.29) is 6.61 Å². The van der Waals surface area contributed by atoms with Crippen LogP contribution in [0.3, 0.4) is 0 Å². The van der Waals surface area contributed by atoms with Gasteiger partial charge in [0.15, 0.2) is 6.29 Å². The zero-order chi connectivity index (χ0) is 13.0. The number of carbonyl (C=O) groups is 1. The van der Waals surface area contributed by atoms with Gasteiger partial charge in [0, 0.05) is 0 Å². The Balaban J connectivity index is 2.61. The van der Waals surface area contributed by atoms with Gasteiger partial charge in [0.05, 0.1) is 12.6 Å². The fourth-order valence-corrected chi connectivity index (χ4v) is 1.46. The molecule has 0 unspecified atom stereocenters. The summed E-state index contributed by atoms with van der Waals surface area (Å²) in [6, 6.07) is 0. The summed E-state index contributed by atoms with van der Waals surface area (Å²) in [5, 5.41) is 38.9. The van der Waals surface area contributed by atoms with E-state index in [0.717, 1.165) is 0 Å². The highest BCUT2D eigenvalue weighted by Gasteiger charge is 2.44. The van der Waals surface area contributed by atoms with Crippen LogP contribution >= 0.6 is 0 Å². The van der Waals surface area contributed by atoms with E-state index in [1.54, 1.807) is 0 Å². The zero-order valence-electron chi connectivity index (χ0n) is 9.06. The van der Waals surface area contributed by atoms with Gasteiger partial charge in [-0.05, 0) is 13.0 Å². The standard InChI is InChI=1S/C9H17NO7/c10-2-1-3-16-9-6(13)4(11)5(12)7(17-9)8(14)15/h4-7,9,11-13H,1-3,10H2,(H,14,15)/p-1/t4-,5+,6+,7-,9+/m0/s1. The molecule has 1 heterocycles. The summed E-state index contributed by atoms with van der Waals surface area (Å²) in [6.45, 7) is 0.499. The van der Waals surface area contributed by atoms with Gasteiger partial charge in [-0.25, -0.2) is 0 Å². The van der Waals surface area contributed by atoms with Crippen molar-refractivity contribution in [3.63, 3.8) is 0 Å². The highest BCUT2D eigenvalue weighted by Crippen LogP contribution is 2.21. The van der Waals surface area contributed by atoms with Gasteiger partial charge in [-0.1, -0.05) is 0 Å². The fourth-order valence-electron chi connectivity index (χ4n) is 1.46. The fraction of sp³-hybridized carbons (Fsp3) is 0.889. The summed E-state index contributed by atoms with van der Waals surface area (Å²) in [5.41, 5.74) is 5.23. The number of hydrogen-bond donors (Lipinski definition) is 4. The maximum atomic E-state index is 10.6. The molecule has 1 rings (SSSR count). The Labute approximate surface area is 97.6 Å². The minimum absolute atomic E-state index is 0.140. The van der Waals surface area contributed by atoms with E-state index in [9.17, 15) is 25.2 Å². The van der Waals surface area contributed by atoms with Gasteiger partial charge in [0.25, 0.3) is 0 Å². The van der Waals surface area contributed by atoms with Crippen molar-refractivity contribution in [1.29, 1.82) is 0 Å². The molecule has 0 aromatic heterocycles.